The van der Waals surface area contributed by atoms with Gasteiger partial charge in [-0.2, -0.15) is 18.3 Å². The van der Waals surface area contributed by atoms with Crippen molar-refractivity contribution in [2.45, 2.75) is 38.4 Å². The lowest BCUT2D eigenvalue weighted by atomic mass is 9.99. The van der Waals surface area contributed by atoms with Gasteiger partial charge in [-0.15, -0.1) is 0 Å². The Kier molecular flexibility index (Phi) is 8.33. The van der Waals surface area contributed by atoms with E-state index < -0.39 is 22.2 Å². The second-order valence-electron chi connectivity index (χ2n) is 7.93. The van der Waals surface area contributed by atoms with Crippen LogP contribution in [0.2, 0.25) is 0 Å². The molecule has 35 heavy (non-hydrogen) atoms. The molecule has 0 aliphatic carbocycles. The molecule has 0 amide bonds. The van der Waals surface area contributed by atoms with Crippen LogP contribution in [-0.4, -0.2) is 63.4 Å². The van der Waals surface area contributed by atoms with Gasteiger partial charge in [0.15, 0.2) is 11.5 Å². The fourth-order valence-electron chi connectivity index (χ4n) is 3.57. The van der Waals surface area contributed by atoms with E-state index in [1.807, 2.05) is 36.5 Å². The molecule has 2 aromatic heterocycles. The molecule has 1 fully saturated rings. The normalized spacial score (nSPS) is 17.0. The zero-order valence-electron chi connectivity index (χ0n) is 18.9. The first-order valence-electron chi connectivity index (χ1n) is 10.9. The molecule has 3 heterocycles. The maximum Gasteiger partial charge on any atom is 0.490 e. The number of carbonyl (C=O) groups is 1. The number of benzene rings is 1. The number of anilines is 1. The molecule has 0 bridgehead atoms. The minimum absolute atomic E-state index is 0.0377. The number of aromatic nitrogens is 3. The fraction of sp³-hybridized carbons (Fsp3) is 0.409. The van der Waals surface area contributed by atoms with Crippen molar-refractivity contribution in [3.8, 4) is 0 Å². The minimum Gasteiger partial charge on any atom is -0.475 e. The Morgan fingerprint density at radius 2 is 1.89 bits per heavy atom. The van der Waals surface area contributed by atoms with E-state index in [1.54, 1.807) is 15.7 Å². The highest BCUT2D eigenvalue weighted by molar-refractivity contribution is 7.89. The summed E-state index contributed by atoms with van der Waals surface area (Å²) < 4.78 is 59.5. The summed E-state index contributed by atoms with van der Waals surface area (Å²) in [5.41, 5.74) is 2.95. The van der Waals surface area contributed by atoms with Crippen molar-refractivity contribution in [3.63, 3.8) is 0 Å². The number of fused-ring (bicyclic) bond motifs is 1. The quantitative estimate of drug-likeness (QED) is 0.518. The molecule has 1 atom stereocenters. The summed E-state index contributed by atoms with van der Waals surface area (Å²) in [6, 6.07) is 14.1. The maximum absolute atomic E-state index is 12.2. The number of nitrogens with one attached hydrogen (secondary N) is 1. The fourth-order valence-corrected chi connectivity index (χ4v) is 4.75. The van der Waals surface area contributed by atoms with Crippen LogP contribution < -0.4 is 5.32 Å². The molecule has 0 saturated carbocycles. The van der Waals surface area contributed by atoms with E-state index in [0.717, 1.165) is 36.5 Å². The van der Waals surface area contributed by atoms with Crippen LogP contribution in [0.4, 0.5) is 18.9 Å². The largest absolute Gasteiger partial charge is 0.490 e. The summed E-state index contributed by atoms with van der Waals surface area (Å²) in [5.74, 6) is -1.87. The van der Waals surface area contributed by atoms with Gasteiger partial charge in [-0.25, -0.2) is 27.0 Å². The number of pyridine rings is 1. The van der Waals surface area contributed by atoms with Crippen LogP contribution in [0, 0.1) is 0 Å². The van der Waals surface area contributed by atoms with Crippen molar-refractivity contribution in [2.75, 3.05) is 24.2 Å². The van der Waals surface area contributed by atoms with Gasteiger partial charge in [0.25, 0.3) is 0 Å². The molecule has 4 rings (SSSR count). The molecular weight excluding hydrogens is 487 g/mol. The first-order chi connectivity index (χ1) is 16.5. The number of sulfonamides is 1. The van der Waals surface area contributed by atoms with Gasteiger partial charge in [0.2, 0.25) is 10.0 Å². The lowest BCUT2D eigenvalue weighted by molar-refractivity contribution is -0.192. The lowest BCUT2D eigenvalue weighted by Gasteiger charge is -2.30. The number of nitrogens with zero attached hydrogens (tertiary/aromatic N) is 4. The lowest BCUT2D eigenvalue weighted by Crippen LogP contribution is -2.40. The second kappa shape index (κ2) is 11.0. The number of hydrogen-bond acceptors (Lipinski definition) is 6. The summed E-state index contributed by atoms with van der Waals surface area (Å²) >= 11 is 0. The molecule has 9 nitrogen and oxygen atoms in total. The van der Waals surface area contributed by atoms with Gasteiger partial charge in [-0.05, 0) is 37.5 Å². The highest BCUT2D eigenvalue weighted by Crippen LogP contribution is 2.27. The Morgan fingerprint density at radius 3 is 2.51 bits per heavy atom. The first kappa shape index (κ1) is 26.4. The Morgan fingerprint density at radius 1 is 1.20 bits per heavy atom. The van der Waals surface area contributed by atoms with Crippen molar-refractivity contribution in [1.82, 2.24) is 18.9 Å². The number of carboxylic acids is 1. The van der Waals surface area contributed by atoms with Crippen molar-refractivity contribution in [1.29, 1.82) is 0 Å². The summed E-state index contributed by atoms with van der Waals surface area (Å²) in [6.07, 6.45) is -1.41. The van der Waals surface area contributed by atoms with E-state index >= 15 is 0 Å². The molecule has 0 radical (unpaired) electrons. The molecule has 1 unspecified atom stereocenters. The van der Waals surface area contributed by atoms with Crippen LogP contribution in [0.15, 0.2) is 48.7 Å². The van der Waals surface area contributed by atoms with Crippen molar-refractivity contribution in [3.05, 3.63) is 60.0 Å². The predicted molar refractivity (Wildman–Crippen MR) is 123 cm³/mol. The average Bonchev–Trinajstić information content (AvgIpc) is 3.27. The van der Waals surface area contributed by atoms with Gasteiger partial charge in [-0.3, -0.25) is 0 Å². The summed E-state index contributed by atoms with van der Waals surface area (Å²) in [5, 5.41) is 15.2. The van der Waals surface area contributed by atoms with E-state index in [0.29, 0.717) is 13.1 Å². The summed E-state index contributed by atoms with van der Waals surface area (Å²) in [7, 11) is -3.17. The number of hydrogen-bond donors (Lipinski definition) is 2. The van der Waals surface area contributed by atoms with Crippen LogP contribution in [0.5, 0.6) is 0 Å². The Hall–Kier alpha value is -3.19. The molecule has 1 aliphatic heterocycles. The van der Waals surface area contributed by atoms with Crippen molar-refractivity contribution >= 4 is 27.3 Å². The highest BCUT2D eigenvalue weighted by atomic mass is 32.2. The number of aliphatic carboxylic acids is 1. The number of rotatable bonds is 6. The van der Waals surface area contributed by atoms with E-state index in [4.69, 9.17) is 9.90 Å². The van der Waals surface area contributed by atoms with E-state index in [1.165, 1.54) is 5.56 Å². The molecule has 2 N–H and O–H groups in total. The van der Waals surface area contributed by atoms with Crippen LogP contribution in [0.1, 0.15) is 37.1 Å². The highest BCUT2D eigenvalue weighted by Gasteiger charge is 2.38. The zero-order chi connectivity index (χ0) is 25.6. The third-order valence-corrected chi connectivity index (χ3v) is 7.28. The zero-order valence-corrected chi connectivity index (χ0v) is 19.8. The number of carboxylic acid groups (broad SMARTS) is 1. The maximum atomic E-state index is 12.2. The van der Waals surface area contributed by atoms with Gasteiger partial charge in [-0.1, -0.05) is 30.3 Å². The number of piperidine rings is 1. The smallest absolute Gasteiger partial charge is 0.475 e. The van der Waals surface area contributed by atoms with E-state index in [-0.39, 0.29) is 11.7 Å². The first-order valence-corrected chi connectivity index (χ1v) is 12.5. The Balaban J connectivity index is 0.000000429. The Labute approximate surface area is 200 Å². The van der Waals surface area contributed by atoms with Crippen molar-refractivity contribution in [2.24, 2.45) is 0 Å². The van der Waals surface area contributed by atoms with Crippen LogP contribution in [0.3, 0.4) is 0 Å². The third-order valence-electron chi connectivity index (χ3n) is 5.44. The second-order valence-corrected chi connectivity index (χ2v) is 10.2. The van der Waals surface area contributed by atoms with Crippen molar-refractivity contribution < 1.29 is 31.5 Å². The van der Waals surface area contributed by atoms with Gasteiger partial charge >= 0.3 is 12.1 Å². The summed E-state index contributed by atoms with van der Waals surface area (Å²) in [4.78, 5) is 13.5. The monoisotopic (exact) mass is 513 g/mol. The van der Waals surface area contributed by atoms with E-state index in [2.05, 4.69) is 27.5 Å². The minimum atomic E-state index is -5.08. The SMILES string of the molecule is CCS(=O)(=O)N1CCCC(c2nc3ccc(NCc4ccccc4)cn3n2)C1.O=C(O)C(F)(F)F. The third kappa shape index (κ3) is 7.15. The van der Waals surface area contributed by atoms with E-state index in [9.17, 15) is 21.6 Å². The van der Waals surface area contributed by atoms with Gasteiger partial charge in [0, 0.05) is 25.6 Å². The molecule has 1 aromatic carbocycles. The van der Waals surface area contributed by atoms with Gasteiger partial charge in [0.1, 0.15) is 0 Å². The average molecular weight is 514 g/mol. The Bertz CT molecular complexity index is 1250. The number of alkyl halides is 3. The topological polar surface area (TPSA) is 117 Å². The van der Waals surface area contributed by atoms with Crippen LogP contribution >= 0.6 is 0 Å². The molecule has 0 spiro atoms. The number of halogens is 3. The molecule has 3 aromatic rings. The standard InChI is InChI=1S/C20H25N5O2S.C2HF3O2/c1-2-28(26,27)24-12-6-9-17(14-24)20-22-19-11-10-18(15-25(19)23-20)21-13-16-7-4-3-5-8-16;3-2(4,5)1(6)7/h3-5,7-8,10-11,15,17,21H,2,6,9,12-14H2,1H3;(H,6,7). The predicted octanol–water partition coefficient (Wildman–Crippen LogP) is 3.50. The van der Waals surface area contributed by atoms with Crippen LogP contribution in [0.25, 0.3) is 5.65 Å². The van der Waals surface area contributed by atoms with Crippen LogP contribution in [-0.2, 0) is 21.4 Å². The molecule has 190 valence electrons. The van der Waals surface area contributed by atoms with Gasteiger partial charge in [0.05, 0.1) is 17.6 Å². The molecule has 1 saturated heterocycles. The molecule has 1 aliphatic rings. The summed E-state index contributed by atoms with van der Waals surface area (Å²) in [6.45, 7) is 3.48. The van der Waals surface area contributed by atoms with Gasteiger partial charge < -0.3 is 10.4 Å². The molecule has 13 heteroatoms. The molecular formula is C22H26F3N5O4S.